The number of aromatic nitrogens is 3. The Labute approximate surface area is 115 Å². The van der Waals surface area contributed by atoms with Gasteiger partial charge in [0.2, 0.25) is 0 Å². The van der Waals surface area contributed by atoms with Gasteiger partial charge in [-0.3, -0.25) is 0 Å². The van der Waals surface area contributed by atoms with Gasteiger partial charge in [0.25, 0.3) is 0 Å². The molecular weight excluding hydrogens is 292 g/mol. The van der Waals surface area contributed by atoms with Crippen LogP contribution in [0.15, 0.2) is 18.6 Å². The van der Waals surface area contributed by atoms with Gasteiger partial charge in [0.15, 0.2) is 5.82 Å². The third-order valence-corrected chi connectivity index (χ3v) is 4.09. The Morgan fingerprint density at radius 1 is 1.44 bits per heavy atom. The Balaban J connectivity index is 2.04. The predicted molar refractivity (Wildman–Crippen MR) is 77.3 cm³/mol. The van der Waals surface area contributed by atoms with E-state index >= 15 is 0 Å². The van der Waals surface area contributed by atoms with Crippen molar-refractivity contribution >= 4 is 32.8 Å². The highest BCUT2D eigenvalue weighted by Crippen LogP contribution is 2.31. The van der Waals surface area contributed by atoms with Crippen molar-refractivity contribution in [1.82, 2.24) is 14.5 Å². The second-order valence-electron chi connectivity index (χ2n) is 4.82. The summed E-state index contributed by atoms with van der Waals surface area (Å²) in [7, 11) is 2.03. The van der Waals surface area contributed by atoms with Crippen molar-refractivity contribution in [2.45, 2.75) is 25.3 Å². The highest BCUT2D eigenvalue weighted by Gasteiger charge is 2.27. The maximum atomic E-state index is 4.57. The summed E-state index contributed by atoms with van der Waals surface area (Å²) < 4.78 is 2.05. The van der Waals surface area contributed by atoms with E-state index in [0.29, 0.717) is 6.04 Å². The quantitative estimate of drug-likeness (QED) is 0.814. The second-order valence-corrected chi connectivity index (χ2v) is 5.62. The second kappa shape index (κ2) is 4.88. The number of hydrogen-bond donors (Lipinski definition) is 0. The van der Waals surface area contributed by atoms with E-state index in [1.165, 1.54) is 19.3 Å². The standard InChI is InChI=1S/C13H17BrN4/c1-17-9-16-12-11(17)5-7-15-13(12)18(8-6-14)10-3-2-4-10/h5,7,9-10H,2-4,6,8H2,1H3. The fourth-order valence-corrected chi connectivity index (χ4v) is 2.89. The molecule has 0 radical (unpaired) electrons. The number of nitrogens with zero attached hydrogens (tertiary/aromatic N) is 4. The van der Waals surface area contributed by atoms with Crippen LogP contribution >= 0.6 is 15.9 Å². The van der Waals surface area contributed by atoms with E-state index in [-0.39, 0.29) is 0 Å². The highest BCUT2D eigenvalue weighted by molar-refractivity contribution is 9.09. The first kappa shape index (κ1) is 12.0. The molecule has 0 saturated heterocycles. The van der Waals surface area contributed by atoms with Crippen molar-refractivity contribution in [2.24, 2.45) is 7.05 Å². The average Bonchev–Trinajstić information content (AvgIpc) is 2.69. The van der Waals surface area contributed by atoms with E-state index in [0.717, 1.165) is 28.7 Å². The van der Waals surface area contributed by atoms with Gasteiger partial charge in [-0.25, -0.2) is 9.97 Å². The molecule has 0 atom stereocenters. The average molecular weight is 309 g/mol. The van der Waals surface area contributed by atoms with Crippen molar-refractivity contribution in [3.63, 3.8) is 0 Å². The molecule has 2 aromatic rings. The molecule has 18 heavy (non-hydrogen) atoms. The van der Waals surface area contributed by atoms with Crippen molar-refractivity contribution < 1.29 is 0 Å². The SMILES string of the molecule is Cn1cnc2c(N(CCBr)C3CCC3)nccc21. The monoisotopic (exact) mass is 308 g/mol. The lowest BCUT2D eigenvalue weighted by molar-refractivity contribution is 0.389. The minimum absolute atomic E-state index is 0.641. The number of pyridine rings is 1. The summed E-state index contributed by atoms with van der Waals surface area (Å²) in [6, 6.07) is 2.67. The fourth-order valence-electron chi connectivity index (χ4n) is 2.51. The zero-order valence-corrected chi connectivity index (χ0v) is 12.1. The summed E-state index contributed by atoms with van der Waals surface area (Å²) in [6.07, 6.45) is 7.64. The zero-order valence-electron chi connectivity index (χ0n) is 10.5. The van der Waals surface area contributed by atoms with Crippen LogP contribution in [0, 0.1) is 0 Å². The smallest absolute Gasteiger partial charge is 0.157 e. The lowest BCUT2D eigenvalue weighted by Gasteiger charge is -2.38. The molecule has 0 N–H and O–H groups in total. The van der Waals surface area contributed by atoms with Gasteiger partial charge in [-0.15, -0.1) is 0 Å². The first-order valence-corrected chi connectivity index (χ1v) is 7.52. The molecule has 2 aromatic heterocycles. The van der Waals surface area contributed by atoms with Gasteiger partial charge in [0, 0.05) is 31.2 Å². The number of hydrogen-bond acceptors (Lipinski definition) is 3. The van der Waals surface area contributed by atoms with Crippen LogP contribution in [0.3, 0.4) is 0 Å². The molecule has 96 valence electrons. The first-order chi connectivity index (χ1) is 8.81. The highest BCUT2D eigenvalue weighted by atomic mass is 79.9. The van der Waals surface area contributed by atoms with Crippen molar-refractivity contribution in [3.8, 4) is 0 Å². The van der Waals surface area contributed by atoms with Crippen LogP contribution in [-0.2, 0) is 7.05 Å². The molecule has 1 saturated carbocycles. The van der Waals surface area contributed by atoms with E-state index in [1.54, 1.807) is 0 Å². The number of fused-ring (bicyclic) bond motifs is 1. The summed E-state index contributed by atoms with van der Waals surface area (Å²) in [6.45, 7) is 0.993. The van der Waals surface area contributed by atoms with Crippen LogP contribution in [0.1, 0.15) is 19.3 Å². The molecule has 4 nitrogen and oxygen atoms in total. The molecule has 5 heteroatoms. The summed E-state index contributed by atoms with van der Waals surface area (Å²) in [5.74, 6) is 1.04. The van der Waals surface area contributed by atoms with Gasteiger partial charge in [0.1, 0.15) is 5.52 Å². The molecule has 0 amide bonds. The van der Waals surface area contributed by atoms with Crippen LogP contribution in [0.2, 0.25) is 0 Å². The number of aryl methyl sites for hydroxylation is 1. The van der Waals surface area contributed by atoms with Gasteiger partial charge in [-0.2, -0.15) is 0 Å². The molecule has 0 aliphatic heterocycles. The third-order valence-electron chi connectivity index (χ3n) is 3.74. The zero-order chi connectivity index (χ0) is 12.5. The van der Waals surface area contributed by atoms with E-state index < -0.39 is 0 Å². The van der Waals surface area contributed by atoms with E-state index in [2.05, 4.69) is 30.8 Å². The van der Waals surface area contributed by atoms with Gasteiger partial charge >= 0.3 is 0 Å². The van der Waals surface area contributed by atoms with Gasteiger partial charge in [-0.1, -0.05) is 15.9 Å². The number of imidazole rings is 1. The fraction of sp³-hybridized carbons (Fsp3) is 0.538. The topological polar surface area (TPSA) is 34.0 Å². The molecule has 0 aromatic carbocycles. The number of alkyl halides is 1. The Bertz CT molecular complexity index is 547. The molecule has 1 aliphatic rings. The predicted octanol–water partition coefficient (Wildman–Crippen LogP) is 2.72. The molecule has 0 spiro atoms. The Kier molecular flexibility index (Phi) is 3.24. The van der Waals surface area contributed by atoms with Crippen molar-refractivity contribution in [1.29, 1.82) is 0 Å². The number of halogens is 1. The number of rotatable bonds is 4. The van der Waals surface area contributed by atoms with Crippen LogP contribution in [-0.4, -0.2) is 32.5 Å². The third kappa shape index (κ3) is 1.90. The summed E-state index contributed by atoms with van der Waals surface area (Å²) in [5, 5.41) is 0.967. The molecule has 0 bridgehead atoms. The van der Waals surface area contributed by atoms with E-state index in [4.69, 9.17) is 0 Å². The van der Waals surface area contributed by atoms with Gasteiger partial charge in [-0.05, 0) is 25.3 Å². The van der Waals surface area contributed by atoms with Crippen molar-refractivity contribution in [2.75, 3.05) is 16.8 Å². The maximum absolute atomic E-state index is 4.57. The van der Waals surface area contributed by atoms with Crippen LogP contribution < -0.4 is 4.90 Å². The molecule has 1 fully saturated rings. The molecule has 0 unspecified atom stereocenters. The molecular formula is C13H17BrN4. The molecule has 1 aliphatic carbocycles. The first-order valence-electron chi connectivity index (χ1n) is 6.40. The van der Waals surface area contributed by atoms with Crippen LogP contribution in [0.5, 0.6) is 0 Å². The Hall–Kier alpha value is -1.10. The van der Waals surface area contributed by atoms with Gasteiger partial charge < -0.3 is 9.47 Å². The molecule has 3 rings (SSSR count). The van der Waals surface area contributed by atoms with Gasteiger partial charge in [0.05, 0.1) is 11.8 Å². The van der Waals surface area contributed by atoms with E-state index in [1.807, 2.05) is 30.2 Å². The minimum atomic E-state index is 0.641. The summed E-state index contributed by atoms with van der Waals surface area (Å²) >= 11 is 3.54. The molecule has 2 heterocycles. The largest absolute Gasteiger partial charge is 0.351 e. The number of anilines is 1. The Morgan fingerprint density at radius 3 is 2.94 bits per heavy atom. The Morgan fingerprint density at radius 2 is 2.28 bits per heavy atom. The van der Waals surface area contributed by atoms with Crippen molar-refractivity contribution in [3.05, 3.63) is 18.6 Å². The minimum Gasteiger partial charge on any atom is -0.351 e. The lowest BCUT2D eigenvalue weighted by atomic mass is 9.91. The van der Waals surface area contributed by atoms with Crippen LogP contribution in [0.4, 0.5) is 5.82 Å². The lowest BCUT2D eigenvalue weighted by Crippen LogP contribution is -2.42. The van der Waals surface area contributed by atoms with E-state index in [9.17, 15) is 0 Å². The summed E-state index contributed by atoms with van der Waals surface area (Å²) in [4.78, 5) is 11.5. The summed E-state index contributed by atoms with van der Waals surface area (Å²) in [5.41, 5.74) is 2.17. The normalized spacial score (nSPS) is 15.9. The maximum Gasteiger partial charge on any atom is 0.157 e. The van der Waals surface area contributed by atoms with Crippen LogP contribution in [0.25, 0.3) is 11.0 Å².